The van der Waals surface area contributed by atoms with Crippen molar-refractivity contribution in [2.24, 2.45) is 0 Å². The molecule has 0 radical (unpaired) electrons. The molecule has 1 aliphatic carbocycles. The molecule has 1 fully saturated rings. The second-order valence-corrected chi connectivity index (χ2v) is 11.5. The van der Waals surface area contributed by atoms with Gasteiger partial charge in [0.25, 0.3) is 5.91 Å². The van der Waals surface area contributed by atoms with Crippen molar-refractivity contribution in [3.63, 3.8) is 0 Å². The summed E-state index contributed by atoms with van der Waals surface area (Å²) in [6.07, 6.45) is 3.23. The van der Waals surface area contributed by atoms with Gasteiger partial charge in [-0.1, -0.05) is 62.2 Å². The van der Waals surface area contributed by atoms with Gasteiger partial charge in [0.1, 0.15) is 29.7 Å². The fourth-order valence-electron chi connectivity index (χ4n) is 4.65. The first-order valence-electron chi connectivity index (χ1n) is 14.2. The number of likely N-dealkylation sites (N-methyl/N-ethyl adjacent to an activating group) is 1. The summed E-state index contributed by atoms with van der Waals surface area (Å²) in [7, 11) is 0. The first-order chi connectivity index (χ1) is 20.4. The van der Waals surface area contributed by atoms with E-state index in [1.165, 1.54) is 16.9 Å². The lowest BCUT2D eigenvalue weighted by molar-refractivity contribution is -0.134. The molecule has 3 N–H and O–H groups in total. The van der Waals surface area contributed by atoms with Gasteiger partial charge < -0.3 is 20.1 Å². The standard InChI is InChI=1S/C27H30FN3O3S2.C4H11NO/c1-19-24(25(32)30-35)29-23(36-19)18-31(16-5-8-20-6-3-2-4-7-20)26(33)27(13-14-27)21-9-11-22(12-10-21)34-17-15-28;1-2-5-3-4-6/h2-4,6-7,9-12,35H,5,8,13-18H2,1H3,(H,30,32);5-6H,2-4H2,1H3. The highest BCUT2D eigenvalue weighted by molar-refractivity contribution is 7.78. The van der Waals surface area contributed by atoms with Gasteiger partial charge in [0.2, 0.25) is 5.91 Å². The predicted octanol–water partition coefficient (Wildman–Crippen LogP) is 4.66. The molecule has 4 rings (SSSR count). The van der Waals surface area contributed by atoms with Crippen molar-refractivity contribution < 1.29 is 23.8 Å². The van der Waals surface area contributed by atoms with E-state index in [0.717, 1.165) is 54.2 Å². The lowest BCUT2D eigenvalue weighted by Crippen LogP contribution is -2.39. The van der Waals surface area contributed by atoms with Crippen LogP contribution >= 0.6 is 24.2 Å². The highest BCUT2D eigenvalue weighted by Crippen LogP contribution is 2.50. The SMILES string of the molecule is CCNCCO.Cc1sc(CN(CCCc2ccccc2)C(=O)C2(c3ccc(OCCF)cc3)CC2)nc1C(=O)NS. The van der Waals surface area contributed by atoms with Crippen LogP contribution in [-0.4, -0.2) is 66.3 Å². The van der Waals surface area contributed by atoms with Gasteiger partial charge in [-0.3, -0.25) is 14.3 Å². The van der Waals surface area contributed by atoms with Crippen LogP contribution in [0, 0.1) is 6.92 Å². The van der Waals surface area contributed by atoms with Gasteiger partial charge in [0.15, 0.2) is 0 Å². The van der Waals surface area contributed by atoms with Crippen LogP contribution in [0.4, 0.5) is 4.39 Å². The number of aromatic nitrogens is 1. The number of aryl methyl sites for hydroxylation is 2. The second-order valence-electron chi connectivity index (χ2n) is 9.99. The largest absolute Gasteiger partial charge is 0.491 e. The monoisotopic (exact) mass is 616 g/mol. The van der Waals surface area contributed by atoms with Crippen LogP contribution in [0.2, 0.25) is 0 Å². The molecule has 0 saturated heterocycles. The second kappa shape index (κ2) is 17.2. The Kier molecular flexibility index (Phi) is 13.7. The minimum absolute atomic E-state index is 0.0130. The third-order valence-electron chi connectivity index (χ3n) is 6.96. The Bertz CT molecular complexity index is 1250. The topological polar surface area (TPSA) is 104 Å². The van der Waals surface area contributed by atoms with Crippen LogP contribution in [-0.2, 0) is 23.2 Å². The summed E-state index contributed by atoms with van der Waals surface area (Å²) in [6, 6.07) is 17.6. The van der Waals surface area contributed by atoms with Crippen molar-refractivity contribution in [1.82, 2.24) is 19.9 Å². The number of halogens is 1. The number of aliphatic hydroxyl groups is 1. The smallest absolute Gasteiger partial charge is 0.280 e. The number of carbonyl (C=O) groups is 2. The molecule has 0 bridgehead atoms. The van der Waals surface area contributed by atoms with Crippen LogP contribution in [0.5, 0.6) is 5.75 Å². The Balaban J connectivity index is 0.000000730. The Morgan fingerprint density at radius 2 is 1.88 bits per heavy atom. The number of amides is 2. The molecule has 2 aromatic carbocycles. The van der Waals surface area contributed by atoms with Gasteiger partial charge in [-0.25, -0.2) is 9.37 Å². The Labute approximate surface area is 257 Å². The van der Waals surface area contributed by atoms with Gasteiger partial charge >= 0.3 is 0 Å². The zero-order valence-corrected chi connectivity index (χ0v) is 26.0. The third kappa shape index (κ3) is 9.52. The molecule has 3 aromatic rings. The molecular formula is C31H41FN4O4S2. The third-order valence-corrected chi connectivity index (χ3v) is 8.12. The molecule has 1 saturated carbocycles. The highest BCUT2D eigenvalue weighted by atomic mass is 32.1. The fourth-order valence-corrected chi connectivity index (χ4v) is 5.70. The first kappa shape index (κ1) is 33.5. The molecule has 0 spiro atoms. The van der Waals surface area contributed by atoms with Crippen molar-refractivity contribution in [3.8, 4) is 5.75 Å². The van der Waals surface area contributed by atoms with E-state index in [-0.39, 0.29) is 25.0 Å². The summed E-state index contributed by atoms with van der Waals surface area (Å²) >= 11 is 5.28. The average molecular weight is 617 g/mol. The Morgan fingerprint density at radius 3 is 2.45 bits per heavy atom. The lowest BCUT2D eigenvalue weighted by Gasteiger charge is -2.27. The molecule has 11 heteroatoms. The maximum atomic E-state index is 13.9. The van der Waals surface area contributed by atoms with Crippen LogP contribution in [0.25, 0.3) is 0 Å². The molecule has 1 aromatic heterocycles. The molecule has 0 unspecified atom stereocenters. The van der Waals surface area contributed by atoms with E-state index in [2.05, 4.69) is 40.0 Å². The lowest BCUT2D eigenvalue weighted by atomic mass is 9.94. The zero-order chi connectivity index (χ0) is 30.4. The number of carbonyl (C=O) groups excluding carboxylic acids is 2. The predicted molar refractivity (Wildman–Crippen MR) is 168 cm³/mol. The molecule has 2 amide bonds. The summed E-state index contributed by atoms with van der Waals surface area (Å²) < 4.78 is 20.1. The number of benzene rings is 2. The van der Waals surface area contributed by atoms with Gasteiger partial charge in [-0.2, -0.15) is 0 Å². The number of nitrogens with one attached hydrogen (secondary N) is 2. The van der Waals surface area contributed by atoms with E-state index in [0.29, 0.717) is 24.5 Å². The van der Waals surface area contributed by atoms with Crippen molar-refractivity contribution in [2.45, 2.75) is 51.5 Å². The molecular weight excluding hydrogens is 575 g/mol. The number of nitrogens with zero attached hydrogens (tertiary/aromatic N) is 2. The molecule has 1 aliphatic rings. The molecule has 1 heterocycles. The van der Waals surface area contributed by atoms with E-state index in [1.807, 2.05) is 49.1 Å². The van der Waals surface area contributed by atoms with Crippen LogP contribution in [0.15, 0.2) is 54.6 Å². The Morgan fingerprint density at radius 1 is 1.17 bits per heavy atom. The summed E-state index contributed by atoms with van der Waals surface area (Å²) in [5.41, 5.74) is 1.95. The van der Waals surface area contributed by atoms with Crippen molar-refractivity contribution in [1.29, 1.82) is 0 Å². The summed E-state index contributed by atoms with van der Waals surface area (Å²) in [5, 5.41) is 11.8. The van der Waals surface area contributed by atoms with E-state index in [4.69, 9.17) is 9.84 Å². The van der Waals surface area contributed by atoms with E-state index in [9.17, 15) is 14.0 Å². The quantitative estimate of drug-likeness (QED) is 0.146. The molecule has 42 heavy (non-hydrogen) atoms. The van der Waals surface area contributed by atoms with Crippen LogP contribution in [0.1, 0.15) is 57.7 Å². The normalized spacial score (nSPS) is 13.1. The number of thiol groups is 1. The number of thiazole rings is 1. The molecule has 0 atom stereocenters. The number of rotatable bonds is 15. The van der Waals surface area contributed by atoms with Gasteiger partial charge in [0.05, 0.1) is 18.6 Å². The number of hydrogen-bond acceptors (Lipinski definition) is 8. The maximum Gasteiger partial charge on any atom is 0.280 e. The van der Waals surface area contributed by atoms with Gasteiger partial charge in [-0.15, -0.1) is 11.3 Å². The van der Waals surface area contributed by atoms with Gasteiger partial charge in [0, 0.05) is 18.0 Å². The summed E-state index contributed by atoms with van der Waals surface area (Å²) in [6.45, 7) is 6.16. The summed E-state index contributed by atoms with van der Waals surface area (Å²) in [4.78, 5) is 33.2. The number of ether oxygens (including phenoxy) is 1. The van der Waals surface area contributed by atoms with Crippen molar-refractivity contribution in [2.75, 3.05) is 39.5 Å². The van der Waals surface area contributed by atoms with Gasteiger partial charge in [-0.05, 0) is 62.4 Å². The Hall–Kier alpha value is -2.99. The zero-order valence-electron chi connectivity index (χ0n) is 24.3. The average Bonchev–Trinajstić information content (AvgIpc) is 3.75. The van der Waals surface area contributed by atoms with E-state index in [1.54, 1.807) is 12.1 Å². The minimum Gasteiger partial charge on any atom is -0.491 e. The minimum atomic E-state index is -0.566. The highest BCUT2D eigenvalue weighted by Gasteiger charge is 2.53. The van der Waals surface area contributed by atoms with Crippen LogP contribution in [0.3, 0.4) is 0 Å². The number of aliphatic hydroxyl groups excluding tert-OH is 1. The van der Waals surface area contributed by atoms with Crippen molar-refractivity contribution in [3.05, 3.63) is 81.3 Å². The maximum absolute atomic E-state index is 13.9. The van der Waals surface area contributed by atoms with Crippen LogP contribution < -0.4 is 14.8 Å². The summed E-state index contributed by atoms with van der Waals surface area (Å²) in [5.74, 6) is 0.308. The number of alkyl halides is 1. The fraction of sp³-hybridized carbons (Fsp3) is 0.452. The molecule has 228 valence electrons. The number of hydrogen-bond donors (Lipinski definition) is 4. The molecule has 8 nitrogen and oxygen atoms in total. The van der Waals surface area contributed by atoms with E-state index < -0.39 is 12.1 Å². The first-order valence-corrected chi connectivity index (χ1v) is 15.5. The van der Waals surface area contributed by atoms with E-state index >= 15 is 0 Å². The molecule has 0 aliphatic heterocycles. The van der Waals surface area contributed by atoms with Crippen molar-refractivity contribution >= 4 is 36.0 Å².